The van der Waals surface area contributed by atoms with E-state index in [9.17, 15) is 0 Å². The molecule has 146 valence electrons. The Morgan fingerprint density at radius 2 is 1.61 bits per heavy atom. The molecular weight excluding hydrogens is 346 g/mol. The lowest BCUT2D eigenvalue weighted by molar-refractivity contribution is 0.580. The average molecular weight is 376 g/mol. The topological polar surface area (TPSA) is 32.5 Å². The minimum absolute atomic E-state index is 0.0133. The normalized spacial score (nSPS) is 15.1. The molecule has 1 aromatic heterocycles. The summed E-state index contributed by atoms with van der Waals surface area (Å²) in [6.07, 6.45) is 4.20. The molecule has 2 aromatic carbocycles. The van der Waals surface area contributed by atoms with E-state index in [-0.39, 0.29) is 10.8 Å². The lowest BCUT2D eigenvalue weighted by Gasteiger charge is -2.28. The van der Waals surface area contributed by atoms with Crippen LogP contribution in [0.3, 0.4) is 0 Å². The summed E-state index contributed by atoms with van der Waals surface area (Å²) in [5.41, 5.74) is 5.55. The van der Waals surface area contributed by atoms with Crippen LogP contribution in [0.1, 0.15) is 52.7 Å². The van der Waals surface area contributed by atoms with Gasteiger partial charge in [-0.1, -0.05) is 65.8 Å². The highest BCUT2D eigenvalue weighted by Crippen LogP contribution is 2.34. The molecule has 0 fully saturated rings. The molecule has 0 amide bonds. The van der Waals surface area contributed by atoms with Crippen molar-refractivity contribution >= 4 is 22.8 Å². The number of rotatable bonds is 2. The van der Waals surface area contributed by atoms with Crippen molar-refractivity contribution in [3.05, 3.63) is 65.9 Å². The molecule has 0 saturated heterocycles. The van der Waals surface area contributed by atoms with E-state index < -0.39 is 0 Å². The fourth-order valence-corrected chi connectivity index (χ4v) is 3.58. The van der Waals surface area contributed by atoms with Crippen LogP contribution in [0.4, 0.5) is 11.7 Å². The van der Waals surface area contributed by atoms with Crippen molar-refractivity contribution in [3.63, 3.8) is 0 Å². The van der Waals surface area contributed by atoms with Crippen LogP contribution in [0.2, 0.25) is 0 Å². The molecule has 0 bridgehead atoms. The Morgan fingerprint density at radius 1 is 0.893 bits per heavy atom. The first-order chi connectivity index (χ1) is 13.1. The van der Waals surface area contributed by atoms with Gasteiger partial charge in [-0.15, -0.1) is 0 Å². The molecule has 0 radical (unpaired) electrons. The fraction of sp³-hybridized carbons (Fsp3) is 0.375. The third kappa shape index (κ3) is 3.28. The van der Waals surface area contributed by atoms with E-state index >= 15 is 0 Å². The molecule has 4 rings (SSSR count). The van der Waals surface area contributed by atoms with Gasteiger partial charge in [0.15, 0.2) is 5.58 Å². The summed E-state index contributed by atoms with van der Waals surface area (Å²) in [5.74, 6) is 0. The highest BCUT2D eigenvalue weighted by molar-refractivity contribution is 5.80. The van der Waals surface area contributed by atoms with Gasteiger partial charge in [0.2, 0.25) is 0 Å². The number of hydrazine groups is 1. The van der Waals surface area contributed by atoms with Gasteiger partial charge in [-0.25, -0.2) is 5.01 Å². The van der Waals surface area contributed by atoms with Crippen molar-refractivity contribution in [3.8, 4) is 0 Å². The van der Waals surface area contributed by atoms with Crippen LogP contribution in [-0.2, 0) is 10.8 Å². The molecular formula is C24H29N3O. The van der Waals surface area contributed by atoms with Crippen molar-refractivity contribution < 1.29 is 4.42 Å². The van der Waals surface area contributed by atoms with Crippen LogP contribution < -0.4 is 10.0 Å². The first kappa shape index (κ1) is 18.6. The van der Waals surface area contributed by atoms with Crippen LogP contribution in [-0.4, -0.2) is 11.5 Å². The zero-order valence-corrected chi connectivity index (χ0v) is 17.7. The van der Waals surface area contributed by atoms with Crippen molar-refractivity contribution in [2.75, 3.05) is 16.6 Å². The monoisotopic (exact) mass is 375 g/mol. The van der Waals surface area contributed by atoms with Gasteiger partial charge in [0.05, 0.1) is 12.2 Å². The predicted octanol–water partition coefficient (Wildman–Crippen LogP) is 6.18. The molecule has 2 heterocycles. The third-order valence-electron chi connectivity index (χ3n) is 5.22. The lowest BCUT2D eigenvalue weighted by Crippen LogP contribution is -2.35. The summed E-state index contributed by atoms with van der Waals surface area (Å²) in [5, 5.41) is 4.17. The van der Waals surface area contributed by atoms with Gasteiger partial charge in [0, 0.05) is 6.20 Å². The van der Waals surface area contributed by atoms with Crippen LogP contribution in [0.15, 0.2) is 59.2 Å². The number of anilines is 2. The van der Waals surface area contributed by atoms with Gasteiger partial charge in [0.1, 0.15) is 5.52 Å². The second-order valence-corrected chi connectivity index (χ2v) is 9.51. The Labute approximate surface area is 167 Å². The molecule has 1 aliphatic rings. The molecule has 0 atom stereocenters. The average Bonchev–Trinajstić information content (AvgIpc) is 3.26. The smallest absolute Gasteiger partial charge is 0.318 e. The zero-order valence-electron chi connectivity index (χ0n) is 17.7. The van der Waals surface area contributed by atoms with Gasteiger partial charge in [-0.3, -0.25) is 5.01 Å². The first-order valence-electron chi connectivity index (χ1n) is 9.88. The van der Waals surface area contributed by atoms with Crippen molar-refractivity contribution in [2.24, 2.45) is 0 Å². The molecule has 0 aliphatic carbocycles. The quantitative estimate of drug-likeness (QED) is 0.535. The maximum absolute atomic E-state index is 6.15. The molecule has 0 unspecified atom stereocenters. The third-order valence-corrected chi connectivity index (χ3v) is 5.22. The maximum Gasteiger partial charge on any atom is 0.318 e. The molecule has 0 saturated carbocycles. The highest BCUT2D eigenvalue weighted by atomic mass is 16.4. The number of hydrogen-bond acceptors (Lipinski definition) is 4. The minimum atomic E-state index is 0.0133. The highest BCUT2D eigenvalue weighted by Gasteiger charge is 2.26. The Morgan fingerprint density at radius 3 is 2.25 bits per heavy atom. The number of aromatic nitrogens is 1. The fourth-order valence-electron chi connectivity index (χ4n) is 3.58. The van der Waals surface area contributed by atoms with Crippen LogP contribution in [0, 0.1) is 0 Å². The molecule has 3 aromatic rings. The molecule has 4 nitrogen and oxygen atoms in total. The van der Waals surface area contributed by atoms with Gasteiger partial charge >= 0.3 is 6.01 Å². The molecule has 28 heavy (non-hydrogen) atoms. The van der Waals surface area contributed by atoms with E-state index in [0.29, 0.717) is 6.01 Å². The van der Waals surface area contributed by atoms with E-state index in [4.69, 9.17) is 9.40 Å². The number of hydrogen-bond donors (Lipinski definition) is 0. The number of fused-ring (bicyclic) bond motifs is 1. The largest absolute Gasteiger partial charge is 0.422 e. The summed E-state index contributed by atoms with van der Waals surface area (Å²) in [4.78, 5) is 4.87. The Kier molecular flexibility index (Phi) is 4.25. The number of oxazole rings is 1. The summed E-state index contributed by atoms with van der Waals surface area (Å²) in [7, 11) is 0. The number of nitrogens with zero attached hydrogens (tertiary/aromatic N) is 3. The maximum atomic E-state index is 6.15. The van der Waals surface area contributed by atoms with Crippen molar-refractivity contribution in [1.82, 2.24) is 4.98 Å². The zero-order chi connectivity index (χ0) is 20.1. The second kappa shape index (κ2) is 6.40. The summed E-state index contributed by atoms with van der Waals surface area (Å²) in [6, 6.07) is 15.5. The summed E-state index contributed by atoms with van der Waals surface area (Å²) < 4.78 is 6.15. The summed E-state index contributed by atoms with van der Waals surface area (Å²) >= 11 is 0. The standard InChI is InChI=1S/C24H29N3O/c1-23(2,3)17-11-13-18(14-12-17)26-15-8-16-27(26)22-25-21-19(24(4,5)6)9-7-10-20(21)28-22/h7-15H,16H2,1-6H3. The lowest BCUT2D eigenvalue weighted by atomic mass is 9.86. The number of para-hydroxylation sites is 1. The van der Waals surface area contributed by atoms with E-state index in [1.165, 1.54) is 11.1 Å². The van der Waals surface area contributed by atoms with Crippen LogP contribution >= 0.6 is 0 Å². The number of benzene rings is 2. The Hall–Kier alpha value is -2.75. The van der Waals surface area contributed by atoms with E-state index in [1.54, 1.807) is 0 Å². The van der Waals surface area contributed by atoms with E-state index in [2.05, 4.69) is 94.2 Å². The predicted molar refractivity (Wildman–Crippen MR) is 117 cm³/mol. The first-order valence-corrected chi connectivity index (χ1v) is 9.88. The minimum Gasteiger partial charge on any atom is -0.422 e. The SMILES string of the molecule is CC(C)(C)c1ccc(N2C=CCN2c2nc3c(C(C)(C)C)cccc3o2)cc1. The van der Waals surface area contributed by atoms with E-state index in [0.717, 1.165) is 23.3 Å². The summed E-state index contributed by atoms with van der Waals surface area (Å²) in [6.45, 7) is 14.0. The molecule has 0 N–H and O–H groups in total. The Balaban J connectivity index is 1.69. The van der Waals surface area contributed by atoms with Crippen molar-refractivity contribution in [2.45, 2.75) is 52.4 Å². The molecule has 1 aliphatic heterocycles. The van der Waals surface area contributed by atoms with Crippen LogP contribution in [0.5, 0.6) is 0 Å². The van der Waals surface area contributed by atoms with E-state index in [1.807, 2.05) is 12.1 Å². The Bertz CT molecular complexity index is 1020. The molecule has 0 spiro atoms. The van der Waals surface area contributed by atoms with Gasteiger partial charge in [-0.2, -0.15) is 4.98 Å². The molecule has 4 heteroatoms. The van der Waals surface area contributed by atoms with Gasteiger partial charge < -0.3 is 4.42 Å². The van der Waals surface area contributed by atoms with Gasteiger partial charge in [0.25, 0.3) is 0 Å². The van der Waals surface area contributed by atoms with Gasteiger partial charge in [-0.05, 0) is 46.2 Å². The van der Waals surface area contributed by atoms with Crippen molar-refractivity contribution in [1.29, 1.82) is 0 Å². The van der Waals surface area contributed by atoms with Crippen LogP contribution in [0.25, 0.3) is 11.1 Å². The second-order valence-electron chi connectivity index (χ2n) is 9.51.